The van der Waals surface area contributed by atoms with Crippen LogP contribution in [0, 0.1) is 5.92 Å². The van der Waals surface area contributed by atoms with Gasteiger partial charge in [0.25, 0.3) is 0 Å². The van der Waals surface area contributed by atoms with E-state index >= 15 is 0 Å². The average molecular weight is 275 g/mol. The highest BCUT2D eigenvalue weighted by molar-refractivity contribution is 7.89. The fraction of sp³-hybridized carbons (Fsp3) is 0.727. The quantitative estimate of drug-likeness (QED) is 0.822. The average Bonchev–Trinajstić information content (AvgIpc) is 2.76. The van der Waals surface area contributed by atoms with E-state index in [1.165, 1.54) is 21.4 Å². The Morgan fingerprint density at radius 1 is 1.44 bits per heavy atom. The van der Waals surface area contributed by atoms with E-state index < -0.39 is 10.0 Å². The Morgan fingerprint density at radius 3 is 2.56 bits per heavy atom. The summed E-state index contributed by atoms with van der Waals surface area (Å²) in [6.07, 6.45) is 2.75. The largest absolute Gasteiger partial charge is 0.394 e. The van der Waals surface area contributed by atoms with Crippen molar-refractivity contribution >= 4 is 10.0 Å². The highest BCUT2D eigenvalue weighted by Crippen LogP contribution is 2.19. The molecule has 6 nitrogen and oxygen atoms in total. The monoisotopic (exact) mass is 275 g/mol. The maximum atomic E-state index is 12.3. The predicted molar refractivity (Wildman–Crippen MR) is 68.6 cm³/mol. The third-order valence-electron chi connectivity index (χ3n) is 3.15. The maximum Gasteiger partial charge on any atom is 0.246 e. The van der Waals surface area contributed by atoms with E-state index in [0.717, 1.165) is 0 Å². The van der Waals surface area contributed by atoms with E-state index in [1.54, 1.807) is 7.05 Å². The van der Waals surface area contributed by atoms with Gasteiger partial charge in [0.15, 0.2) is 0 Å². The van der Waals surface area contributed by atoms with E-state index in [9.17, 15) is 8.42 Å². The van der Waals surface area contributed by atoms with Crippen molar-refractivity contribution in [3.05, 3.63) is 12.4 Å². The van der Waals surface area contributed by atoms with Gasteiger partial charge in [-0.1, -0.05) is 13.8 Å². The van der Waals surface area contributed by atoms with Gasteiger partial charge in [-0.3, -0.25) is 4.68 Å². The first-order valence-electron chi connectivity index (χ1n) is 5.92. The molecule has 1 N–H and O–H groups in total. The third kappa shape index (κ3) is 3.09. The van der Waals surface area contributed by atoms with E-state index in [-0.39, 0.29) is 23.5 Å². The highest BCUT2D eigenvalue weighted by atomic mass is 32.2. The van der Waals surface area contributed by atoms with E-state index in [0.29, 0.717) is 6.54 Å². The van der Waals surface area contributed by atoms with Gasteiger partial charge in [0.2, 0.25) is 10.0 Å². The minimum absolute atomic E-state index is 0.0700. The van der Waals surface area contributed by atoms with Crippen molar-refractivity contribution in [1.82, 2.24) is 14.1 Å². The molecule has 7 heteroatoms. The lowest BCUT2D eigenvalue weighted by atomic mass is 10.1. The van der Waals surface area contributed by atoms with Gasteiger partial charge in [-0.05, 0) is 12.8 Å². The minimum atomic E-state index is -3.51. The van der Waals surface area contributed by atoms with Gasteiger partial charge in [-0.15, -0.1) is 0 Å². The molecule has 1 rings (SSSR count). The summed E-state index contributed by atoms with van der Waals surface area (Å²) in [5.74, 6) is 0.234. The van der Waals surface area contributed by atoms with Crippen LogP contribution in [0.4, 0.5) is 0 Å². The van der Waals surface area contributed by atoms with E-state index in [2.05, 4.69) is 5.10 Å². The highest BCUT2D eigenvalue weighted by Gasteiger charge is 2.28. The number of aliphatic hydroxyl groups excluding tert-OH is 1. The fourth-order valence-electron chi connectivity index (χ4n) is 1.51. The lowest BCUT2D eigenvalue weighted by molar-refractivity contribution is 0.269. The number of hydrogen-bond acceptors (Lipinski definition) is 4. The number of aromatic nitrogens is 2. The van der Waals surface area contributed by atoms with Gasteiger partial charge in [0, 0.05) is 19.3 Å². The zero-order chi connectivity index (χ0) is 13.9. The fourth-order valence-corrected chi connectivity index (χ4v) is 2.96. The summed E-state index contributed by atoms with van der Waals surface area (Å²) in [4.78, 5) is 0.158. The first kappa shape index (κ1) is 15.1. The van der Waals surface area contributed by atoms with Gasteiger partial charge in [-0.25, -0.2) is 8.42 Å². The van der Waals surface area contributed by atoms with Crippen molar-refractivity contribution in [2.75, 3.05) is 13.7 Å². The first-order chi connectivity index (χ1) is 8.30. The Hall–Kier alpha value is -0.920. The number of aliphatic hydroxyl groups is 1. The number of hydrogen-bond donors (Lipinski definition) is 1. The molecule has 0 radical (unpaired) electrons. The second-order valence-corrected chi connectivity index (χ2v) is 6.67. The second-order valence-electron chi connectivity index (χ2n) is 4.67. The molecule has 0 fully saturated rings. The molecule has 0 amide bonds. The molecule has 104 valence electrons. The first-order valence-corrected chi connectivity index (χ1v) is 7.36. The lowest BCUT2D eigenvalue weighted by Gasteiger charge is -2.26. The van der Waals surface area contributed by atoms with Gasteiger partial charge >= 0.3 is 0 Å². The van der Waals surface area contributed by atoms with Gasteiger partial charge < -0.3 is 5.11 Å². The molecule has 0 bridgehead atoms. The zero-order valence-electron chi connectivity index (χ0n) is 11.2. The molecule has 18 heavy (non-hydrogen) atoms. The summed E-state index contributed by atoms with van der Waals surface area (Å²) in [5, 5.41) is 12.7. The van der Waals surface area contributed by atoms with E-state index in [4.69, 9.17) is 5.11 Å². The van der Waals surface area contributed by atoms with Crippen molar-refractivity contribution < 1.29 is 13.5 Å². The SMILES string of the molecule is CC(C)C(C)N(C)S(=O)(=O)c1cnn(CCO)c1. The molecule has 0 aliphatic carbocycles. The van der Waals surface area contributed by atoms with Crippen molar-refractivity contribution in [2.24, 2.45) is 5.92 Å². The molecule has 1 aromatic rings. The Bertz CT molecular complexity index is 481. The molecule has 0 saturated heterocycles. The van der Waals surface area contributed by atoms with Crippen molar-refractivity contribution in [3.63, 3.8) is 0 Å². The molecular weight excluding hydrogens is 254 g/mol. The third-order valence-corrected chi connectivity index (χ3v) is 5.05. The molecule has 0 aliphatic heterocycles. The van der Waals surface area contributed by atoms with Crippen LogP contribution in [0.1, 0.15) is 20.8 Å². The number of rotatable bonds is 6. The molecule has 0 aromatic carbocycles. The summed E-state index contributed by atoms with van der Waals surface area (Å²) in [6, 6.07) is -0.0869. The smallest absolute Gasteiger partial charge is 0.246 e. The summed E-state index contributed by atoms with van der Waals surface area (Å²) >= 11 is 0. The topological polar surface area (TPSA) is 75.4 Å². The van der Waals surface area contributed by atoms with Gasteiger partial charge in [0.1, 0.15) is 4.90 Å². The summed E-state index contributed by atoms with van der Waals surface area (Å²) in [7, 11) is -1.94. The van der Waals surface area contributed by atoms with Crippen LogP contribution in [0.2, 0.25) is 0 Å². The van der Waals surface area contributed by atoms with Gasteiger partial charge in [0.05, 0.1) is 19.3 Å². The lowest BCUT2D eigenvalue weighted by Crippen LogP contribution is -2.38. The van der Waals surface area contributed by atoms with Crippen LogP contribution in [-0.2, 0) is 16.6 Å². The molecule has 1 heterocycles. The van der Waals surface area contributed by atoms with E-state index in [1.807, 2.05) is 20.8 Å². The molecule has 1 unspecified atom stereocenters. The molecular formula is C11H21N3O3S. The van der Waals surface area contributed by atoms with Crippen LogP contribution in [0.3, 0.4) is 0 Å². The molecule has 1 aromatic heterocycles. The molecule has 1 atom stereocenters. The molecule has 0 spiro atoms. The van der Waals surface area contributed by atoms with Crippen LogP contribution in [-0.4, -0.2) is 47.3 Å². The standard InChI is InChI=1S/C11H21N3O3S/c1-9(2)10(3)13(4)18(16,17)11-7-12-14(8-11)5-6-15/h7-10,15H,5-6H2,1-4H3. The van der Waals surface area contributed by atoms with Gasteiger partial charge in [-0.2, -0.15) is 9.40 Å². The Morgan fingerprint density at radius 2 is 2.06 bits per heavy atom. The minimum Gasteiger partial charge on any atom is -0.394 e. The second kappa shape index (κ2) is 5.81. The summed E-state index contributed by atoms with van der Waals surface area (Å²) < 4.78 is 27.4. The summed E-state index contributed by atoms with van der Waals surface area (Å²) in [6.45, 7) is 6.05. The number of sulfonamides is 1. The number of nitrogens with zero attached hydrogens (tertiary/aromatic N) is 3. The van der Waals surface area contributed by atoms with Crippen LogP contribution >= 0.6 is 0 Å². The molecule has 0 saturated carbocycles. The molecule has 0 aliphatic rings. The zero-order valence-corrected chi connectivity index (χ0v) is 12.1. The van der Waals surface area contributed by atoms with Crippen LogP contribution in [0.15, 0.2) is 17.3 Å². The van der Waals surface area contributed by atoms with Crippen LogP contribution in [0.25, 0.3) is 0 Å². The van der Waals surface area contributed by atoms with Crippen molar-refractivity contribution in [1.29, 1.82) is 0 Å². The van der Waals surface area contributed by atoms with Crippen LogP contribution in [0.5, 0.6) is 0 Å². The predicted octanol–water partition coefficient (Wildman–Crippen LogP) is 0.540. The van der Waals surface area contributed by atoms with Crippen molar-refractivity contribution in [2.45, 2.75) is 38.3 Å². The van der Waals surface area contributed by atoms with Crippen molar-refractivity contribution in [3.8, 4) is 0 Å². The Labute approximate surface area is 108 Å². The summed E-state index contributed by atoms with van der Waals surface area (Å²) in [5.41, 5.74) is 0. The van der Waals surface area contributed by atoms with Crippen LogP contribution < -0.4 is 0 Å². The Balaban J connectivity index is 2.98. The normalized spacial score (nSPS) is 14.4. The Kier molecular flexibility index (Phi) is 4.89. The maximum absolute atomic E-state index is 12.3.